The summed E-state index contributed by atoms with van der Waals surface area (Å²) in [5.41, 5.74) is 2.93. The van der Waals surface area contributed by atoms with Crippen LogP contribution >= 0.6 is 11.6 Å². The first-order chi connectivity index (χ1) is 11.0. The fraction of sp³-hybridized carbons (Fsp3) is 0.412. The Labute approximate surface area is 140 Å². The smallest absolute Gasteiger partial charge is 0.242 e. The molecule has 0 spiro atoms. The first kappa shape index (κ1) is 16.0. The number of amides is 1. The second-order valence-corrected chi connectivity index (χ2v) is 6.33. The van der Waals surface area contributed by atoms with Gasteiger partial charge in [-0.3, -0.25) is 9.48 Å². The zero-order valence-electron chi connectivity index (χ0n) is 13.3. The van der Waals surface area contributed by atoms with Gasteiger partial charge in [0.15, 0.2) is 0 Å². The number of ether oxygens (including phenoxy) is 1. The van der Waals surface area contributed by atoms with Crippen molar-refractivity contribution in [3.8, 4) is 0 Å². The summed E-state index contributed by atoms with van der Waals surface area (Å²) in [6.07, 6.45) is 0.674. The molecular formula is C17H20ClN3O2. The summed E-state index contributed by atoms with van der Waals surface area (Å²) in [5.74, 6) is -0.0503. The van der Waals surface area contributed by atoms with Crippen LogP contribution in [0.2, 0.25) is 5.02 Å². The molecule has 1 aliphatic rings. The molecular weight excluding hydrogens is 314 g/mol. The van der Waals surface area contributed by atoms with E-state index in [1.54, 1.807) is 4.68 Å². The highest BCUT2D eigenvalue weighted by Gasteiger charge is 2.30. The fourth-order valence-electron chi connectivity index (χ4n) is 2.94. The highest BCUT2D eigenvalue weighted by atomic mass is 35.5. The van der Waals surface area contributed by atoms with Crippen molar-refractivity contribution in [1.82, 2.24) is 15.1 Å². The number of benzene rings is 1. The molecule has 1 fully saturated rings. The van der Waals surface area contributed by atoms with Crippen molar-refractivity contribution >= 4 is 17.5 Å². The van der Waals surface area contributed by atoms with Gasteiger partial charge in [0.1, 0.15) is 12.6 Å². The van der Waals surface area contributed by atoms with E-state index in [4.69, 9.17) is 16.3 Å². The van der Waals surface area contributed by atoms with Crippen molar-refractivity contribution in [1.29, 1.82) is 0 Å². The van der Waals surface area contributed by atoms with Gasteiger partial charge >= 0.3 is 0 Å². The number of hydrogen-bond donors (Lipinski definition) is 1. The highest BCUT2D eigenvalue weighted by molar-refractivity contribution is 6.30. The number of aromatic nitrogens is 2. The molecule has 1 aromatic carbocycles. The Bertz CT molecular complexity index is 696. The van der Waals surface area contributed by atoms with Crippen LogP contribution in [0.25, 0.3) is 0 Å². The maximum absolute atomic E-state index is 12.3. The molecule has 122 valence electrons. The van der Waals surface area contributed by atoms with Crippen LogP contribution in [0, 0.1) is 13.8 Å². The van der Waals surface area contributed by atoms with E-state index in [2.05, 4.69) is 10.4 Å². The second-order valence-electron chi connectivity index (χ2n) is 5.89. The average molecular weight is 334 g/mol. The third-order valence-corrected chi connectivity index (χ3v) is 4.29. The van der Waals surface area contributed by atoms with E-state index < -0.39 is 0 Å². The van der Waals surface area contributed by atoms with Gasteiger partial charge in [0, 0.05) is 17.3 Å². The minimum absolute atomic E-state index is 0.0272. The normalized spacial score (nSPS) is 20.7. The summed E-state index contributed by atoms with van der Waals surface area (Å²) < 4.78 is 7.51. The molecule has 1 aliphatic heterocycles. The lowest BCUT2D eigenvalue weighted by atomic mass is 10.0. The molecule has 2 atom stereocenters. The molecule has 0 bridgehead atoms. The summed E-state index contributed by atoms with van der Waals surface area (Å²) in [6, 6.07) is 9.50. The number of hydrogen-bond acceptors (Lipinski definition) is 3. The Morgan fingerprint density at radius 1 is 1.39 bits per heavy atom. The molecule has 5 nitrogen and oxygen atoms in total. The molecule has 1 saturated heterocycles. The molecule has 0 saturated carbocycles. The minimum atomic E-state index is -0.128. The average Bonchev–Trinajstić information content (AvgIpc) is 3.07. The molecule has 1 aromatic heterocycles. The van der Waals surface area contributed by atoms with Crippen molar-refractivity contribution in [2.24, 2.45) is 0 Å². The van der Waals surface area contributed by atoms with Crippen molar-refractivity contribution < 1.29 is 9.53 Å². The Hall–Kier alpha value is -1.85. The van der Waals surface area contributed by atoms with Gasteiger partial charge in [-0.1, -0.05) is 23.7 Å². The number of nitrogens with zero attached hydrogens (tertiary/aromatic N) is 2. The molecule has 1 N–H and O–H groups in total. The van der Waals surface area contributed by atoms with Crippen molar-refractivity contribution in [2.45, 2.75) is 39.0 Å². The van der Waals surface area contributed by atoms with Gasteiger partial charge in [-0.15, -0.1) is 0 Å². The molecule has 3 rings (SSSR count). The lowest BCUT2D eigenvalue weighted by Crippen LogP contribution is -2.39. The number of aryl methyl sites for hydroxylation is 2. The molecule has 2 heterocycles. The number of rotatable bonds is 4. The third-order valence-electron chi connectivity index (χ3n) is 4.03. The molecule has 6 heteroatoms. The van der Waals surface area contributed by atoms with Crippen molar-refractivity contribution in [3.63, 3.8) is 0 Å². The van der Waals surface area contributed by atoms with Crippen molar-refractivity contribution in [3.05, 3.63) is 52.3 Å². The standard InChI is InChI=1S/C17H20ClN3O2/c1-11-9-12(2)21(20-11)10-16(22)19-15-7-8-23-17(15)13-3-5-14(18)6-4-13/h3-6,9,15,17H,7-8,10H2,1-2H3,(H,19,22). The molecule has 23 heavy (non-hydrogen) atoms. The summed E-state index contributed by atoms with van der Waals surface area (Å²) in [5, 5.41) is 8.08. The second kappa shape index (κ2) is 6.72. The quantitative estimate of drug-likeness (QED) is 0.936. The van der Waals surface area contributed by atoms with Gasteiger partial charge in [-0.2, -0.15) is 5.10 Å². The maximum Gasteiger partial charge on any atom is 0.242 e. The summed E-state index contributed by atoms with van der Waals surface area (Å²) in [4.78, 5) is 12.3. The molecule has 1 amide bonds. The van der Waals surface area contributed by atoms with Crippen LogP contribution in [-0.2, 0) is 16.1 Å². The van der Waals surface area contributed by atoms with E-state index in [0.717, 1.165) is 23.4 Å². The first-order valence-corrected chi connectivity index (χ1v) is 8.08. The zero-order chi connectivity index (χ0) is 16.4. The molecule has 2 unspecified atom stereocenters. The Kier molecular flexibility index (Phi) is 4.68. The van der Waals surface area contributed by atoms with Gasteiger partial charge < -0.3 is 10.1 Å². The number of carbonyl (C=O) groups excluding carboxylic acids is 1. The molecule has 2 aromatic rings. The SMILES string of the molecule is Cc1cc(C)n(CC(=O)NC2CCOC2c2ccc(Cl)cc2)n1. The zero-order valence-corrected chi connectivity index (χ0v) is 14.0. The predicted octanol–water partition coefficient (Wildman–Crippen LogP) is 2.80. The van der Waals surface area contributed by atoms with Gasteiger partial charge in [0.2, 0.25) is 5.91 Å². The van der Waals surface area contributed by atoms with E-state index in [-0.39, 0.29) is 24.6 Å². The maximum atomic E-state index is 12.3. The van der Waals surface area contributed by atoms with Crippen LogP contribution in [-0.4, -0.2) is 28.3 Å². The Morgan fingerprint density at radius 3 is 2.78 bits per heavy atom. The number of carbonyl (C=O) groups is 1. The number of halogens is 1. The van der Waals surface area contributed by atoms with Crippen LogP contribution in [0.3, 0.4) is 0 Å². The Morgan fingerprint density at radius 2 is 2.13 bits per heavy atom. The van der Waals surface area contributed by atoms with Crippen LogP contribution < -0.4 is 5.32 Å². The highest BCUT2D eigenvalue weighted by Crippen LogP contribution is 2.29. The van der Waals surface area contributed by atoms with Gasteiger partial charge in [-0.05, 0) is 44.0 Å². The van der Waals surface area contributed by atoms with E-state index >= 15 is 0 Å². The van der Waals surface area contributed by atoms with Gasteiger partial charge in [0.25, 0.3) is 0 Å². The topological polar surface area (TPSA) is 56.2 Å². The van der Waals surface area contributed by atoms with Crippen LogP contribution in [0.4, 0.5) is 0 Å². The third kappa shape index (κ3) is 3.74. The summed E-state index contributed by atoms with van der Waals surface area (Å²) >= 11 is 5.93. The van der Waals surface area contributed by atoms with Crippen molar-refractivity contribution in [2.75, 3.05) is 6.61 Å². The monoisotopic (exact) mass is 333 g/mol. The predicted molar refractivity (Wildman–Crippen MR) is 88.4 cm³/mol. The first-order valence-electron chi connectivity index (χ1n) is 7.70. The van der Waals surface area contributed by atoms with Crippen LogP contribution in [0.1, 0.15) is 29.5 Å². The molecule has 0 radical (unpaired) electrons. The van der Waals surface area contributed by atoms with Crippen LogP contribution in [0.5, 0.6) is 0 Å². The molecule has 0 aliphatic carbocycles. The Balaban J connectivity index is 1.65. The van der Waals surface area contributed by atoms with Gasteiger partial charge in [-0.25, -0.2) is 0 Å². The lowest BCUT2D eigenvalue weighted by Gasteiger charge is -2.20. The van der Waals surface area contributed by atoms with E-state index in [1.807, 2.05) is 44.2 Å². The minimum Gasteiger partial charge on any atom is -0.371 e. The van der Waals surface area contributed by atoms with E-state index in [0.29, 0.717) is 11.6 Å². The summed E-state index contributed by atoms with van der Waals surface area (Å²) in [7, 11) is 0. The lowest BCUT2D eigenvalue weighted by molar-refractivity contribution is -0.123. The fourth-order valence-corrected chi connectivity index (χ4v) is 3.07. The van der Waals surface area contributed by atoms with Gasteiger partial charge in [0.05, 0.1) is 11.7 Å². The van der Waals surface area contributed by atoms with E-state index in [9.17, 15) is 4.79 Å². The van der Waals surface area contributed by atoms with Crippen LogP contribution in [0.15, 0.2) is 30.3 Å². The van der Waals surface area contributed by atoms with E-state index in [1.165, 1.54) is 0 Å². The summed E-state index contributed by atoms with van der Waals surface area (Å²) in [6.45, 7) is 4.73. The number of nitrogens with one attached hydrogen (secondary N) is 1. The largest absolute Gasteiger partial charge is 0.371 e.